The molecule has 192 valence electrons. The third-order valence-corrected chi connectivity index (χ3v) is 5.11. The van der Waals surface area contributed by atoms with Gasteiger partial charge < -0.3 is 41.0 Å². The Kier molecular flexibility index (Phi) is 14.9. The van der Waals surface area contributed by atoms with E-state index in [1.54, 1.807) is 24.3 Å². The van der Waals surface area contributed by atoms with Gasteiger partial charge in [0.1, 0.15) is 13.2 Å². The molecule has 1 atom stereocenters. The van der Waals surface area contributed by atoms with Crippen LogP contribution < -0.4 is 16.2 Å². The first kappa shape index (κ1) is 30.8. The molecule has 7 N–H and O–H groups in total. The number of aliphatic hydroxyl groups is 1. The Balaban J connectivity index is 0.000000722. The fourth-order valence-electron chi connectivity index (χ4n) is 2.90. The smallest absolute Gasteiger partial charge is 0.338 e. The van der Waals surface area contributed by atoms with Crippen molar-refractivity contribution in [2.75, 3.05) is 25.5 Å². The number of benzene rings is 1. The highest BCUT2D eigenvalue weighted by Crippen LogP contribution is 2.21. The van der Waals surface area contributed by atoms with Crippen LogP contribution in [0.4, 0.5) is 5.69 Å². The van der Waals surface area contributed by atoms with Gasteiger partial charge in [-0.25, -0.2) is 4.79 Å². The zero-order chi connectivity index (χ0) is 26.1. The van der Waals surface area contributed by atoms with Gasteiger partial charge in [0.2, 0.25) is 0 Å². The normalized spacial score (nSPS) is 11.6. The van der Waals surface area contributed by atoms with Crippen molar-refractivity contribution in [3.8, 4) is 0 Å². The Morgan fingerprint density at radius 3 is 2.12 bits per heavy atom. The highest BCUT2D eigenvalue weighted by Gasteiger charge is 2.46. The highest BCUT2D eigenvalue weighted by atomic mass is 16.5. The number of nitrogens with two attached hydrogens (primary N) is 2. The van der Waals surface area contributed by atoms with Crippen LogP contribution in [0.2, 0.25) is 0 Å². The largest absolute Gasteiger partial charge is 0.550 e. The van der Waals surface area contributed by atoms with E-state index in [-0.39, 0.29) is 5.97 Å². The number of anilines is 1. The molecule has 1 aromatic rings. The topological polar surface area (TPSA) is 204 Å². The molecule has 1 unspecified atom stereocenters. The summed E-state index contributed by atoms with van der Waals surface area (Å²) in [5.74, 6) is -5.95. The molecule has 0 aliphatic heterocycles. The number of rotatable bonds is 15. The van der Waals surface area contributed by atoms with Gasteiger partial charge in [0, 0.05) is 18.1 Å². The number of carbonyl (C=O) groups is 4. The van der Waals surface area contributed by atoms with Crippen molar-refractivity contribution in [3.63, 3.8) is 0 Å². The van der Waals surface area contributed by atoms with E-state index in [1.165, 1.54) is 32.1 Å². The quantitative estimate of drug-likeness (QED) is 0.0944. The number of unbranched alkanes of at least 4 members (excludes halogenated alkanes) is 3. The second-order valence-corrected chi connectivity index (χ2v) is 8.01. The lowest BCUT2D eigenvalue weighted by molar-refractivity contribution is -0.687. The molecule has 0 fully saturated rings. The van der Waals surface area contributed by atoms with Crippen LogP contribution in [0.15, 0.2) is 24.3 Å². The fourth-order valence-corrected chi connectivity index (χ4v) is 2.90. The molecule has 0 saturated heterocycles. The summed E-state index contributed by atoms with van der Waals surface area (Å²) >= 11 is 0. The molecule has 0 spiro atoms. The van der Waals surface area contributed by atoms with Crippen LogP contribution in [0.25, 0.3) is 0 Å². The van der Waals surface area contributed by atoms with E-state index in [4.69, 9.17) is 25.8 Å². The van der Waals surface area contributed by atoms with Crippen molar-refractivity contribution < 1.29 is 49.7 Å². The number of carboxylic acids is 3. The van der Waals surface area contributed by atoms with Crippen LogP contribution in [0, 0.1) is 5.41 Å². The molecule has 0 saturated carbocycles. The number of carbonyl (C=O) groups excluding carboxylic acids is 2. The summed E-state index contributed by atoms with van der Waals surface area (Å²) in [5.41, 5.74) is 4.08. The Morgan fingerprint density at radius 2 is 1.68 bits per heavy atom. The lowest BCUT2D eigenvalue weighted by atomic mass is 9.85. The number of nitrogen functional groups attached to an aromatic ring is 1. The first-order valence-corrected chi connectivity index (χ1v) is 11.1. The minimum Gasteiger partial charge on any atom is -0.550 e. The van der Waals surface area contributed by atoms with Gasteiger partial charge in [0.25, 0.3) is 0 Å². The van der Waals surface area contributed by atoms with Gasteiger partial charge in [0.05, 0.1) is 18.2 Å². The monoisotopic (exact) mass is 484 g/mol. The molecular weight excluding hydrogens is 448 g/mol. The van der Waals surface area contributed by atoms with Crippen molar-refractivity contribution in [1.82, 2.24) is 0 Å². The number of quaternary nitrogens is 1. The second kappa shape index (κ2) is 16.4. The summed E-state index contributed by atoms with van der Waals surface area (Å²) in [6, 6.07) is 7.40. The molecule has 0 aromatic heterocycles. The van der Waals surface area contributed by atoms with Crippen LogP contribution in [0.3, 0.4) is 0 Å². The maximum Gasteiger partial charge on any atom is 0.338 e. The third kappa shape index (κ3) is 11.6. The number of aliphatic hydroxyl groups excluding tert-OH is 1. The Bertz CT molecular complexity index is 767. The summed E-state index contributed by atoms with van der Waals surface area (Å²) in [7, 11) is 0. The average molecular weight is 485 g/mol. The molecule has 0 amide bonds. The number of aliphatic carboxylic acids is 3. The predicted octanol–water partition coefficient (Wildman–Crippen LogP) is -0.378. The van der Waals surface area contributed by atoms with Crippen molar-refractivity contribution in [1.29, 1.82) is 0 Å². The molecule has 11 heteroatoms. The van der Waals surface area contributed by atoms with E-state index >= 15 is 0 Å². The minimum atomic E-state index is -2.71. The number of carboxylic acid groups (broad SMARTS) is 3. The van der Waals surface area contributed by atoms with Gasteiger partial charge in [-0.3, -0.25) is 9.59 Å². The maximum atomic E-state index is 11.8. The first-order valence-electron chi connectivity index (χ1n) is 11.1. The summed E-state index contributed by atoms with van der Waals surface area (Å²) in [6.07, 6.45) is 5.17. The lowest BCUT2D eigenvalue weighted by Gasteiger charge is -2.22. The standard InChI is InChI=1S/C17H28N2O2.C6H8O7/c1-3-4-5-6-7-14(2)19-12-13-21-17(20)15-8-10-16(18)11-9-15;7-2-6(4(10)11,5(12)13)1-3(8)9/h8-11,14,19H,3-7,12-13,18H2,1-2H3;7H,1-2H2,(H,8,9)(H,10,11)(H,12,13). The molecule has 0 radical (unpaired) electrons. The van der Waals surface area contributed by atoms with Gasteiger partial charge in [-0.05, 0) is 44.0 Å². The van der Waals surface area contributed by atoms with Gasteiger partial charge in [-0.2, -0.15) is 0 Å². The Hall–Kier alpha value is -3.18. The number of esters is 1. The maximum absolute atomic E-state index is 11.8. The predicted molar refractivity (Wildman–Crippen MR) is 121 cm³/mol. The van der Waals surface area contributed by atoms with E-state index in [9.17, 15) is 24.3 Å². The first-order chi connectivity index (χ1) is 16.0. The summed E-state index contributed by atoms with van der Waals surface area (Å²) in [4.78, 5) is 42.6. The van der Waals surface area contributed by atoms with Crippen LogP contribution in [0.1, 0.15) is 62.7 Å². The zero-order valence-electron chi connectivity index (χ0n) is 19.7. The van der Waals surface area contributed by atoms with Crippen molar-refractivity contribution >= 4 is 29.6 Å². The van der Waals surface area contributed by atoms with Crippen LogP contribution >= 0.6 is 0 Å². The van der Waals surface area contributed by atoms with Gasteiger partial charge >= 0.3 is 17.9 Å². The molecule has 1 aromatic carbocycles. The van der Waals surface area contributed by atoms with E-state index in [0.29, 0.717) is 23.9 Å². The summed E-state index contributed by atoms with van der Waals surface area (Å²) in [6.45, 7) is 4.42. The number of hydrogen-bond acceptors (Lipinski definition) is 8. The molecule has 0 aliphatic rings. The van der Waals surface area contributed by atoms with Crippen LogP contribution in [0.5, 0.6) is 0 Å². The van der Waals surface area contributed by atoms with Crippen molar-refractivity contribution in [2.45, 2.75) is 58.4 Å². The number of ether oxygens (including phenoxy) is 1. The molecule has 0 heterocycles. The van der Waals surface area contributed by atoms with E-state index in [1.807, 2.05) is 0 Å². The van der Waals surface area contributed by atoms with Crippen LogP contribution in [-0.4, -0.2) is 65.0 Å². The average Bonchev–Trinajstić information content (AvgIpc) is 2.78. The Labute approximate surface area is 198 Å². The van der Waals surface area contributed by atoms with E-state index < -0.39 is 36.4 Å². The van der Waals surface area contributed by atoms with Gasteiger partial charge in [-0.1, -0.05) is 26.2 Å². The summed E-state index contributed by atoms with van der Waals surface area (Å²) in [5, 5.41) is 37.6. The zero-order valence-corrected chi connectivity index (χ0v) is 19.7. The second-order valence-electron chi connectivity index (χ2n) is 8.01. The molecule has 1 rings (SSSR count). The Morgan fingerprint density at radius 1 is 1.09 bits per heavy atom. The lowest BCUT2D eigenvalue weighted by Crippen LogP contribution is -2.90. The molecule has 11 nitrogen and oxygen atoms in total. The van der Waals surface area contributed by atoms with Gasteiger partial charge in [0.15, 0.2) is 5.41 Å². The fraction of sp³-hybridized carbons (Fsp3) is 0.565. The van der Waals surface area contributed by atoms with E-state index in [2.05, 4.69) is 19.2 Å². The SMILES string of the molecule is CCCCCCC(C)[NH2+]CCOC(=O)c1ccc(N)cc1.O=C([O-])CC(CO)(C(=O)O)C(=O)O. The number of hydrogen-bond donors (Lipinski definition) is 5. The molecule has 0 bridgehead atoms. The van der Waals surface area contributed by atoms with Crippen molar-refractivity contribution in [2.24, 2.45) is 5.41 Å². The third-order valence-electron chi connectivity index (χ3n) is 5.11. The summed E-state index contributed by atoms with van der Waals surface area (Å²) < 4.78 is 5.25. The van der Waals surface area contributed by atoms with Crippen LogP contribution in [-0.2, 0) is 19.1 Å². The molecular formula is C23H36N2O9. The minimum absolute atomic E-state index is 0.279. The molecule has 34 heavy (non-hydrogen) atoms. The highest BCUT2D eigenvalue weighted by molar-refractivity contribution is 6.01. The van der Waals surface area contributed by atoms with E-state index in [0.717, 1.165) is 6.54 Å². The van der Waals surface area contributed by atoms with Crippen molar-refractivity contribution in [3.05, 3.63) is 29.8 Å². The molecule has 0 aliphatic carbocycles. The van der Waals surface area contributed by atoms with Gasteiger partial charge in [-0.15, -0.1) is 0 Å².